The van der Waals surface area contributed by atoms with E-state index in [-0.39, 0.29) is 29.3 Å². The summed E-state index contributed by atoms with van der Waals surface area (Å²) in [5.41, 5.74) is 0.946. The number of amides is 2. The van der Waals surface area contributed by atoms with Crippen molar-refractivity contribution in [1.29, 1.82) is 0 Å². The van der Waals surface area contributed by atoms with Crippen LogP contribution in [0.3, 0.4) is 0 Å². The van der Waals surface area contributed by atoms with Crippen molar-refractivity contribution in [2.45, 2.75) is 44.4 Å². The average Bonchev–Trinajstić information content (AvgIpc) is 3.76. The Labute approximate surface area is 227 Å². The van der Waals surface area contributed by atoms with Crippen molar-refractivity contribution in [3.8, 4) is 28.7 Å². The van der Waals surface area contributed by atoms with E-state index in [1.54, 1.807) is 11.0 Å². The second kappa shape index (κ2) is 9.96. The van der Waals surface area contributed by atoms with Crippen molar-refractivity contribution in [2.75, 3.05) is 25.5 Å². The number of rotatable bonds is 7. The maximum atomic E-state index is 13.5. The summed E-state index contributed by atoms with van der Waals surface area (Å²) in [5.74, 6) is 6.03. The van der Waals surface area contributed by atoms with E-state index in [1.165, 1.54) is 49.7 Å². The summed E-state index contributed by atoms with van der Waals surface area (Å²) < 4.78 is 32.5. The maximum absolute atomic E-state index is 13.5. The lowest BCUT2D eigenvalue weighted by atomic mass is 9.99. The molecule has 2 aliphatic carbocycles. The van der Waals surface area contributed by atoms with Crippen molar-refractivity contribution >= 4 is 28.3 Å². The number of hydrogen-bond acceptors (Lipinski definition) is 8. The van der Waals surface area contributed by atoms with E-state index in [2.05, 4.69) is 37.3 Å². The summed E-state index contributed by atoms with van der Waals surface area (Å²) in [6.45, 7) is 0.916. The molecule has 2 amide bonds. The Kier molecular flexibility index (Phi) is 6.46. The van der Waals surface area contributed by atoms with Crippen molar-refractivity contribution in [2.24, 2.45) is 5.41 Å². The maximum Gasteiger partial charge on any atom is 0.280 e. The van der Waals surface area contributed by atoms with Crippen LogP contribution in [0.15, 0.2) is 24.5 Å². The van der Waals surface area contributed by atoms with Gasteiger partial charge in [-0.1, -0.05) is 17.3 Å². The van der Waals surface area contributed by atoms with Crippen LogP contribution in [0.2, 0.25) is 0 Å². The molecule has 0 radical (unpaired) electrons. The molecule has 0 aromatic carbocycles. The standard InChI is InChI=1S/C27H24F2N6O3S/c1-38-21-14-31-20(23(28)29)11-17(21)16-10-15(4-2-8-35-9-3-5-22(35)36)30-13-18(16)24(37)32-26-34-33-25(39-26)19-12-27(19)6-7-27/h10-11,13-14,19,23H,3,5-9,12H2,1H3,(H,32,34,37). The zero-order valence-electron chi connectivity index (χ0n) is 21.0. The van der Waals surface area contributed by atoms with Gasteiger partial charge in [-0.3, -0.25) is 19.9 Å². The molecule has 200 valence electrons. The van der Waals surface area contributed by atoms with E-state index < -0.39 is 18.0 Å². The molecule has 3 aromatic rings. The highest BCUT2D eigenvalue weighted by Crippen LogP contribution is 2.75. The van der Waals surface area contributed by atoms with Gasteiger partial charge in [0.05, 0.1) is 25.4 Å². The van der Waals surface area contributed by atoms with E-state index in [9.17, 15) is 18.4 Å². The number of anilines is 1. The van der Waals surface area contributed by atoms with Gasteiger partial charge in [-0.25, -0.2) is 13.8 Å². The van der Waals surface area contributed by atoms with Gasteiger partial charge in [-0.05, 0) is 49.2 Å². The number of carbonyl (C=O) groups is 2. The average molecular weight is 551 g/mol. The Morgan fingerprint density at radius 3 is 2.79 bits per heavy atom. The van der Waals surface area contributed by atoms with Crippen molar-refractivity contribution in [3.05, 3.63) is 46.5 Å². The van der Waals surface area contributed by atoms with Gasteiger partial charge >= 0.3 is 0 Å². The normalized spacial score (nSPS) is 18.7. The Bertz CT molecular complexity index is 1530. The zero-order chi connectivity index (χ0) is 27.1. The fourth-order valence-electron chi connectivity index (χ4n) is 4.98. The van der Waals surface area contributed by atoms with Crippen LogP contribution in [0.25, 0.3) is 11.1 Å². The van der Waals surface area contributed by atoms with Gasteiger partial charge in [0, 0.05) is 36.2 Å². The van der Waals surface area contributed by atoms with Gasteiger partial charge in [-0.2, -0.15) is 0 Å². The summed E-state index contributed by atoms with van der Waals surface area (Å²) in [5, 5.41) is 12.5. The molecular weight excluding hydrogens is 526 g/mol. The highest BCUT2D eigenvalue weighted by Gasteiger charge is 2.64. The van der Waals surface area contributed by atoms with Gasteiger partial charge in [0.25, 0.3) is 12.3 Å². The fraction of sp³-hybridized carbons (Fsp3) is 0.407. The minimum Gasteiger partial charge on any atom is -0.494 e. The summed E-state index contributed by atoms with van der Waals surface area (Å²) >= 11 is 1.35. The number of pyridine rings is 2. The van der Waals surface area contributed by atoms with Gasteiger partial charge in [-0.15, -0.1) is 10.2 Å². The molecule has 1 saturated heterocycles. The quantitative estimate of drug-likeness (QED) is 0.433. The van der Waals surface area contributed by atoms with E-state index in [0.717, 1.165) is 17.8 Å². The number of carbonyl (C=O) groups excluding carboxylic acids is 2. The lowest BCUT2D eigenvalue weighted by Gasteiger charge is -2.14. The fourth-order valence-corrected chi connectivity index (χ4v) is 5.96. The number of aromatic nitrogens is 4. The lowest BCUT2D eigenvalue weighted by molar-refractivity contribution is -0.127. The molecule has 3 aliphatic rings. The first-order chi connectivity index (χ1) is 18.9. The van der Waals surface area contributed by atoms with Gasteiger partial charge in [0.15, 0.2) is 0 Å². The highest BCUT2D eigenvalue weighted by atomic mass is 32.1. The van der Waals surface area contributed by atoms with Crippen molar-refractivity contribution in [1.82, 2.24) is 25.1 Å². The minimum absolute atomic E-state index is 0.0554. The Balaban J connectivity index is 1.32. The molecule has 0 bridgehead atoms. The molecule has 3 fully saturated rings. The molecule has 2 saturated carbocycles. The molecule has 4 heterocycles. The molecule has 39 heavy (non-hydrogen) atoms. The predicted molar refractivity (Wildman–Crippen MR) is 139 cm³/mol. The number of likely N-dealkylation sites (tertiary alicyclic amines) is 1. The van der Waals surface area contributed by atoms with E-state index >= 15 is 0 Å². The molecule has 3 aromatic heterocycles. The van der Waals surface area contributed by atoms with Crippen molar-refractivity contribution in [3.63, 3.8) is 0 Å². The second-order valence-electron chi connectivity index (χ2n) is 9.96. The van der Waals surface area contributed by atoms with Crippen LogP contribution in [-0.4, -0.2) is 57.1 Å². The lowest BCUT2D eigenvalue weighted by Crippen LogP contribution is -2.24. The molecule has 1 unspecified atom stereocenters. The second-order valence-corrected chi connectivity index (χ2v) is 11.0. The third kappa shape index (κ3) is 5.06. The summed E-state index contributed by atoms with van der Waals surface area (Å²) in [4.78, 5) is 35.0. The van der Waals surface area contributed by atoms with Crippen molar-refractivity contribution < 1.29 is 23.1 Å². The Morgan fingerprint density at radius 1 is 1.26 bits per heavy atom. The first-order valence-corrected chi connectivity index (χ1v) is 13.4. The first-order valence-electron chi connectivity index (χ1n) is 12.6. The van der Waals surface area contributed by atoms with Crippen LogP contribution in [0.1, 0.15) is 71.2 Å². The van der Waals surface area contributed by atoms with Crippen LogP contribution >= 0.6 is 11.3 Å². The molecule has 1 atom stereocenters. The van der Waals surface area contributed by atoms with Crippen LogP contribution in [0.5, 0.6) is 5.75 Å². The number of nitrogens with zero attached hydrogens (tertiary/aromatic N) is 5. The molecule has 1 N–H and O–H groups in total. The zero-order valence-corrected chi connectivity index (χ0v) is 21.9. The van der Waals surface area contributed by atoms with Gasteiger partial charge < -0.3 is 9.64 Å². The summed E-state index contributed by atoms with van der Waals surface area (Å²) in [6, 6.07) is 2.74. The largest absolute Gasteiger partial charge is 0.494 e. The van der Waals surface area contributed by atoms with Crippen LogP contribution in [0, 0.1) is 17.3 Å². The first kappa shape index (κ1) is 25.3. The smallest absolute Gasteiger partial charge is 0.280 e. The van der Waals surface area contributed by atoms with E-state index in [0.29, 0.717) is 40.7 Å². The van der Waals surface area contributed by atoms with Crippen LogP contribution in [0.4, 0.5) is 13.9 Å². The molecule has 12 heteroatoms. The van der Waals surface area contributed by atoms with Crippen LogP contribution in [-0.2, 0) is 4.79 Å². The minimum atomic E-state index is -2.82. The van der Waals surface area contributed by atoms with E-state index in [4.69, 9.17) is 4.74 Å². The van der Waals surface area contributed by atoms with Gasteiger partial charge in [0.1, 0.15) is 22.1 Å². The number of alkyl halides is 2. The number of nitrogens with one attached hydrogen (secondary N) is 1. The number of methoxy groups -OCH3 is 1. The molecule has 9 nitrogen and oxygen atoms in total. The SMILES string of the molecule is COc1cnc(C(F)F)cc1-c1cc(C#CCN2CCCC2=O)ncc1C(=O)Nc1nnc(C2CC23CC3)s1. The summed E-state index contributed by atoms with van der Waals surface area (Å²) in [7, 11) is 1.39. The van der Waals surface area contributed by atoms with E-state index in [1.807, 2.05) is 0 Å². The topological polar surface area (TPSA) is 110 Å². The van der Waals surface area contributed by atoms with Crippen LogP contribution < -0.4 is 10.1 Å². The molecule has 1 aliphatic heterocycles. The molecule has 1 spiro atoms. The Morgan fingerprint density at radius 2 is 2.10 bits per heavy atom. The molecular formula is C27H24F2N6O3S. The third-order valence-electron chi connectivity index (χ3n) is 7.47. The number of hydrogen-bond donors (Lipinski definition) is 1. The number of ether oxygens (including phenoxy) is 1. The predicted octanol–water partition coefficient (Wildman–Crippen LogP) is 4.44. The van der Waals surface area contributed by atoms with Gasteiger partial charge in [0.2, 0.25) is 11.0 Å². The Hall–Kier alpha value is -3.98. The highest BCUT2D eigenvalue weighted by molar-refractivity contribution is 7.15. The number of halogens is 2. The molecule has 6 rings (SSSR count). The third-order valence-corrected chi connectivity index (χ3v) is 8.42. The monoisotopic (exact) mass is 550 g/mol. The summed E-state index contributed by atoms with van der Waals surface area (Å²) in [6.07, 6.45) is 4.59.